The molecule has 0 radical (unpaired) electrons. The fourth-order valence-electron chi connectivity index (χ4n) is 3.49. The highest BCUT2D eigenvalue weighted by Gasteiger charge is 2.17. The Morgan fingerprint density at radius 3 is 2.54 bits per heavy atom. The number of likely N-dealkylation sites (N-methyl/N-ethyl adjacent to an activating group) is 1. The minimum Gasteiger partial charge on any atom is -0.368 e. The van der Waals surface area contributed by atoms with Crippen molar-refractivity contribution in [2.45, 2.75) is 6.54 Å². The molecule has 148 valence electrons. The lowest BCUT2D eigenvalue weighted by Crippen LogP contribution is -2.44. The van der Waals surface area contributed by atoms with Gasteiger partial charge in [0.1, 0.15) is 0 Å². The van der Waals surface area contributed by atoms with Crippen molar-refractivity contribution in [3.63, 3.8) is 0 Å². The average molecular weight is 442 g/mol. The predicted molar refractivity (Wildman–Crippen MR) is 121 cm³/mol. The number of hydrogen-bond acceptors (Lipinski definition) is 4. The Hall–Kier alpha value is -1.95. The lowest BCUT2D eigenvalue weighted by molar-refractivity contribution is 0.104. The van der Waals surface area contributed by atoms with Gasteiger partial charge in [0.05, 0.1) is 0 Å². The summed E-state index contributed by atoms with van der Waals surface area (Å²) < 4.78 is 1.02. The molecular formula is C23H28BrN3O. The normalized spacial score (nSPS) is 15.5. The van der Waals surface area contributed by atoms with Gasteiger partial charge in [-0.3, -0.25) is 4.79 Å². The fourth-order valence-corrected chi connectivity index (χ4v) is 3.87. The van der Waals surface area contributed by atoms with E-state index in [1.54, 1.807) is 6.08 Å². The topological polar surface area (TPSA) is 26.8 Å². The van der Waals surface area contributed by atoms with Crippen molar-refractivity contribution >= 4 is 33.5 Å². The number of rotatable bonds is 6. The van der Waals surface area contributed by atoms with Crippen molar-refractivity contribution in [3.8, 4) is 0 Å². The summed E-state index contributed by atoms with van der Waals surface area (Å²) in [5.41, 5.74) is 4.07. The molecule has 0 bridgehead atoms. The number of piperazine rings is 1. The van der Waals surface area contributed by atoms with Crippen LogP contribution in [0.15, 0.2) is 53.0 Å². The molecule has 1 aliphatic heterocycles. The molecular weight excluding hydrogens is 414 g/mol. The smallest absolute Gasteiger partial charge is 0.186 e. The van der Waals surface area contributed by atoms with Crippen molar-refractivity contribution in [2.75, 3.05) is 52.2 Å². The third kappa shape index (κ3) is 5.31. The Labute approximate surface area is 176 Å². The van der Waals surface area contributed by atoms with Crippen LogP contribution < -0.4 is 4.90 Å². The molecule has 0 saturated carbocycles. The SMILES string of the molecule is CN(C)Cc1ccccc1C(=O)C=Cc1cc(Br)ccc1N1CCN(C)CC1. The van der Waals surface area contributed by atoms with Crippen LogP contribution in [-0.4, -0.2) is 62.9 Å². The molecule has 1 fully saturated rings. The number of ketones is 1. The van der Waals surface area contributed by atoms with Gasteiger partial charge in [-0.2, -0.15) is 0 Å². The lowest BCUT2D eigenvalue weighted by atomic mass is 10.0. The van der Waals surface area contributed by atoms with E-state index in [0.29, 0.717) is 0 Å². The van der Waals surface area contributed by atoms with Crippen molar-refractivity contribution in [1.29, 1.82) is 0 Å². The molecule has 1 saturated heterocycles. The van der Waals surface area contributed by atoms with Gasteiger partial charge in [0, 0.05) is 48.4 Å². The first kappa shape index (κ1) is 20.8. The monoisotopic (exact) mass is 441 g/mol. The number of anilines is 1. The first-order chi connectivity index (χ1) is 13.4. The molecule has 1 heterocycles. The van der Waals surface area contributed by atoms with Gasteiger partial charge in [-0.05, 0) is 62.6 Å². The second-order valence-electron chi connectivity index (χ2n) is 7.59. The highest BCUT2D eigenvalue weighted by atomic mass is 79.9. The Morgan fingerprint density at radius 2 is 1.82 bits per heavy atom. The van der Waals surface area contributed by atoms with E-state index in [0.717, 1.165) is 53.9 Å². The highest BCUT2D eigenvalue weighted by molar-refractivity contribution is 9.10. The van der Waals surface area contributed by atoms with E-state index >= 15 is 0 Å². The summed E-state index contributed by atoms with van der Waals surface area (Å²) in [5.74, 6) is 0.0433. The van der Waals surface area contributed by atoms with Crippen LogP contribution in [0.5, 0.6) is 0 Å². The molecule has 0 N–H and O–H groups in total. The van der Waals surface area contributed by atoms with Crippen molar-refractivity contribution in [3.05, 3.63) is 69.7 Å². The average Bonchev–Trinajstić information content (AvgIpc) is 2.67. The van der Waals surface area contributed by atoms with E-state index in [1.807, 2.05) is 44.4 Å². The summed E-state index contributed by atoms with van der Waals surface area (Å²) >= 11 is 3.57. The number of carbonyl (C=O) groups excluding carboxylic acids is 1. The molecule has 5 heteroatoms. The van der Waals surface area contributed by atoms with E-state index in [1.165, 1.54) is 5.69 Å². The van der Waals surface area contributed by atoms with E-state index in [4.69, 9.17) is 0 Å². The van der Waals surface area contributed by atoms with Gasteiger partial charge in [-0.25, -0.2) is 0 Å². The van der Waals surface area contributed by atoms with Gasteiger partial charge >= 0.3 is 0 Å². The minimum atomic E-state index is 0.0433. The third-order valence-corrected chi connectivity index (χ3v) is 5.51. The number of nitrogens with zero attached hydrogens (tertiary/aromatic N) is 3. The number of carbonyl (C=O) groups is 1. The van der Waals surface area contributed by atoms with E-state index in [-0.39, 0.29) is 5.78 Å². The second kappa shape index (κ2) is 9.50. The van der Waals surface area contributed by atoms with Crippen LogP contribution in [0.4, 0.5) is 5.69 Å². The highest BCUT2D eigenvalue weighted by Crippen LogP contribution is 2.27. The summed E-state index contributed by atoms with van der Waals surface area (Å²) in [6, 6.07) is 14.1. The van der Waals surface area contributed by atoms with E-state index in [2.05, 4.69) is 55.9 Å². The third-order valence-electron chi connectivity index (χ3n) is 5.02. The predicted octanol–water partition coefficient (Wildman–Crippen LogP) is 4.16. The van der Waals surface area contributed by atoms with Crippen LogP contribution in [0.25, 0.3) is 6.08 Å². The molecule has 0 unspecified atom stereocenters. The van der Waals surface area contributed by atoms with Crippen molar-refractivity contribution in [2.24, 2.45) is 0 Å². The first-order valence-electron chi connectivity index (χ1n) is 9.62. The Kier molecular flexibility index (Phi) is 7.05. The van der Waals surface area contributed by atoms with Gasteiger partial charge < -0.3 is 14.7 Å². The van der Waals surface area contributed by atoms with Crippen LogP contribution in [0.1, 0.15) is 21.5 Å². The summed E-state index contributed by atoms with van der Waals surface area (Å²) in [4.78, 5) is 19.7. The maximum Gasteiger partial charge on any atom is 0.186 e. The molecule has 1 aliphatic rings. The van der Waals surface area contributed by atoms with E-state index in [9.17, 15) is 4.79 Å². The van der Waals surface area contributed by atoms with Gasteiger partial charge in [0.2, 0.25) is 0 Å². The van der Waals surface area contributed by atoms with Gasteiger partial charge in [0.25, 0.3) is 0 Å². The van der Waals surface area contributed by atoms with Crippen LogP contribution >= 0.6 is 15.9 Å². The molecule has 0 aliphatic carbocycles. The Bertz CT molecular complexity index is 855. The Balaban J connectivity index is 1.84. The largest absolute Gasteiger partial charge is 0.368 e. The summed E-state index contributed by atoms with van der Waals surface area (Å²) in [6.07, 6.45) is 3.66. The quantitative estimate of drug-likeness (QED) is 0.496. The maximum atomic E-state index is 12.9. The second-order valence-corrected chi connectivity index (χ2v) is 8.50. The lowest BCUT2D eigenvalue weighted by Gasteiger charge is -2.35. The molecule has 0 amide bonds. The molecule has 28 heavy (non-hydrogen) atoms. The number of halogens is 1. The molecule has 0 spiro atoms. The number of hydrogen-bond donors (Lipinski definition) is 0. The van der Waals surface area contributed by atoms with Crippen LogP contribution in [0.2, 0.25) is 0 Å². The van der Waals surface area contributed by atoms with Crippen LogP contribution in [0.3, 0.4) is 0 Å². The van der Waals surface area contributed by atoms with Gasteiger partial charge in [-0.15, -0.1) is 0 Å². The van der Waals surface area contributed by atoms with E-state index < -0.39 is 0 Å². The molecule has 2 aromatic carbocycles. The van der Waals surface area contributed by atoms with Crippen LogP contribution in [0, 0.1) is 0 Å². The van der Waals surface area contributed by atoms with Gasteiger partial charge in [0.15, 0.2) is 5.78 Å². The first-order valence-corrected chi connectivity index (χ1v) is 10.4. The van der Waals surface area contributed by atoms with Crippen LogP contribution in [-0.2, 0) is 6.54 Å². The standard InChI is InChI=1S/C23H28BrN3O/c1-25(2)17-19-6-4-5-7-21(19)23(28)11-8-18-16-20(24)9-10-22(18)27-14-12-26(3)13-15-27/h4-11,16H,12-15,17H2,1-3H3. The molecule has 4 nitrogen and oxygen atoms in total. The number of benzene rings is 2. The summed E-state index contributed by atoms with van der Waals surface area (Å²) in [6.45, 7) is 4.85. The summed E-state index contributed by atoms with van der Waals surface area (Å²) in [5, 5.41) is 0. The minimum absolute atomic E-state index is 0.0433. The Morgan fingerprint density at radius 1 is 1.11 bits per heavy atom. The zero-order valence-corrected chi connectivity index (χ0v) is 18.4. The van der Waals surface area contributed by atoms with Gasteiger partial charge in [-0.1, -0.05) is 40.2 Å². The van der Waals surface area contributed by atoms with Crippen molar-refractivity contribution in [1.82, 2.24) is 9.80 Å². The zero-order valence-electron chi connectivity index (χ0n) is 16.9. The fraction of sp³-hybridized carbons (Fsp3) is 0.348. The molecule has 0 aromatic heterocycles. The van der Waals surface area contributed by atoms with Crippen molar-refractivity contribution < 1.29 is 4.79 Å². The molecule has 3 rings (SSSR count). The molecule has 0 atom stereocenters. The number of allylic oxidation sites excluding steroid dienone is 1. The molecule has 2 aromatic rings. The maximum absolute atomic E-state index is 12.9. The zero-order chi connectivity index (χ0) is 20.1. The summed E-state index contributed by atoms with van der Waals surface area (Å²) in [7, 11) is 6.19.